The third-order valence-corrected chi connectivity index (χ3v) is 8.86. The Labute approximate surface area is 234 Å². The Hall–Kier alpha value is -3.45. The molecule has 2 fully saturated rings. The van der Waals surface area contributed by atoms with E-state index >= 15 is 0 Å². The highest BCUT2D eigenvalue weighted by molar-refractivity contribution is 7.99. The van der Waals surface area contributed by atoms with E-state index < -0.39 is 5.91 Å². The fraction of sp³-hybridized carbons (Fsp3) is 0.346. The maximum atomic E-state index is 12.5. The van der Waals surface area contributed by atoms with Crippen LogP contribution in [0.3, 0.4) is 0 Å². The average molecular weight is 564 g/mol. The van der Waals surface area contributed by atoms with Gasteiger partial charge in [-0.15, -0.1) is 0 Å². The van der Waals surface area contributed by atoms with Gasteiger partial charge in [-0.1, -0.05) is 17.7 Å². The van der Waals surface area contributed by atoms with E-state index in [0.717, 1.165) is 38.4 Å². The lowest BCUT2D eigenvalue weighted by atomic mass is 9.73. The minimum absolute atomic E-state index is 0.0481. The summed E-state index contributed by atoms with van der Waals surface area (Å²) in [6, 6.07) is 5.40. The Morgan fingerprint density at radius 2 is 2.00 bits per heavy atom. The molecule has 2 aliphatic heterocycles. The summed E-state index contributed by atoms with van der Waals surface area (Å²) in [6.45, 7) is 4.47. The van der Waals surface area contributed by atoms with Crippen molar-refractivity contribution in [2.24, 2.45) is 11.1 Å². The number of hydrogen-bond donors (Lipinski definition) is 2. The van der Waals surface area contributed by atoms with E-state index in [1.807, 2.05) is 6.07 Å². The fourth-order valence-corrected chi connectivity index (χ4v) is 6.11. The van der Waals surface area contributed by atoms with Gasteiger partial charge in [0.2, 0.25) is 0 Å². The molecule has 0 aliphatic carbocycles. The van der Waals surface area contributed by atoms with Crippen LogP contribution in [0.5, 0.6) is 0 Å². The van der Waals surface area contributed by atoms with Crippen molar-refractivity contribution in [1.82, 2.24) is 29.9 Å². The van der Waals surface area contributed by atoms with Crippen LogP contribution < -0.4 is 16.0 Å². The third-order valence-electron chi connectivity index (χ3n) is 7.40. The van der Waals surface area contributed by atoms with Gasteiger partial charge in [0.05, 0.1) is 42.0 Å². The predicted molar refractivity (Wildman–Crippen MR) is 148 cm³/mol. The van der Waals surface area contributed by atoms with Gasteiger partial charge in [-0.05, 0) is 43.7 Å². The van der Waals surface area contributed by atoms with E-state index in [1.165, 1.54) is 30.4 Å². The molecule has 6 rings (SSSR count). The molecule has 11 nitrogen and oxygen atoms in total. The zero-order chi connectivity index (χ0) is 27.0. The van der Waals surface area contributed by atoms with Crippen LogP contribution in [0.25, 0.3) is 11.2 Å². The minimum Gasteiger partial charge on any atom is -0.376 e. The normalized spacial score (nSPS) is 20.4. The maximum Gasteiger partial charge on any atom is 0.275 e. The number of nitrogens with zero attached hydrogens (tertiary/aromatic N) is 7. The Morgan fingerprint density at radius 3 is 2.74 bits per heavy atom. The lowest BCUT2D eigenvalue weighted by Gasteiger charge is -2.41. The number of nitrogens with one attached hydrogen (secondary N) is 1. The lowest BCUT2D eigenvalue weighted by molar-refractivity contribution is 0.0974. The van der Waals surface area contributed by atoms with Gasteiger partial charge in [-0.25, -0.2) is 24.9 Å². The van der Waals surface area contributed by atoms with Gasteiger partial charge in [0.1, 0.15) is 17.0 Å². The number of carbonyl (C=O) groups is 1. The number of hydrogen-bond acceptors (Lipinski definition) is 11. The van der Waals surface area contributed by atoms with Crippen molar-refractivity contribution in [3.8, 4) is 0 Å². The van der Waals surface area contributed by atoms with Gasteiger partial charge >= 0.3 is 0 Å². The summed E-state index contributed by atoms with van der Waals surface area (Å²) < 4.78 is 5.84. The second-order valence-electron chi connectivity index (χ2n) is 9.75. The molecule has 2 atom stereocenters. The zero-order valence-corrected chi connectivity index (χ0v) is 22.7. The first kappa shape index (κ1) is 25.8. The molecule has 1 spiro atoms. The van der Waals surface area contributed by atoms with Crippen molar-refractivity contribution in [3.63, 3.8) is 0 Å². The summed E-state index contributed by atoms with van der Waals surface area (Å²) in [5.74, 6) is 0.398. The van der Waals surface area contributed by atoms with Crippen molar-refractivity contribution in [2.45, 2.75) is 42.0 Å². The summed E-state index contributed by atoms with van der Waals surface area (Å²) in [6.07, 6.45) is 9.79. The number of nitrogens with two attached hydrogens (primary N) is 1. The molecule has 200 valence electrons. The van der Waals surface area contributed by atoms with E-state index in [0.29, 0.717) is 31.9 Å². The number of piperidine rings is 1. The van der Waals surface area contributed by atoms with Gasteiger partial charge in [0, 0.05) is 41.8 Å². The van der Waals surface area contributed by atoms with Gasteiger partial charge in [-0.2, -0.15) is 0 Å². The SMILES string of the molecule is C[C@@H]1OCC2(CCN(c3cnc4nc(Sc5cccc(NC(=O)c6cnccn6)c5Cl)ncc4n3)CC2)[C@@H]1N. The molecule has 0 radical (unpaired) electrons. The molecule has 0 saturated carbocycles. The highest BCUT2D eigenvalue weighted by Gasteiger charge is 2.47. The van der Waals surface area contributed by atoms with Crippen LogP contribution in [0, 0.1) is 5.41 Å². The number of aromatic nitrogens is 6. The Bertz CT molecular complexity index is 1520. The number of fused-ring (bicyclic) bond motifs is 1. The van der Waals surface area contributed by atoms with Crippen LogP contribution in [0.2, 0.25) is 5.02 Å². The molecule has 2 saturated heterocycles. The molecule has 3 N–H and O–H groups in total. The molecule has 4 aromatic rings. The smallest absolute Gasteiger partial charge is 0.275 e. The Kier molecular flexibility index (Phi) is 7.02. The quantitative estimate of drug-likeness (QED) is 0.343. The number of carbonyl (C=O) groups excluding carboxylic acids is 1. The minimum atomic E-state index is -0.405. The first-order valence-corrected chi connectivity index (χ1v) is 13.8. The van der Waals surface area contributed by atoms with Gasteiger partial charge in [0.15, 0.2) is 10.8 Å². The molecule has 0 unspecified atom stereocenters. The van der Waals surface area contributed by atoms with Crippen molar-refractivity contribution < 1.29 is 9.53 Å². The second-order valence-corrected chi connectivity index (χ2v) is 11.1. The van der Waals surface area contributed by atoms with Crippen LogP contribution in [0.1, 0.15) is 30.3 Å². The van der Waals surface area contributed by atoms with Crippen LogP contribution in [0.4, 0.5) is 11.5 Å². The predicted octanol–water partition coefficient (Wildman–Crippen LogP) is 3.60. The van der Waals surface area contributed by atoms with Crippen LogP contribution in [0.15, 0.2) is 59.2 Å². The fourth-order valence-electron chi connectivity index (χ4n) is 5.04. The van der Waals surface area contributed by atoms with Gasteiger partial charge in [-0.3, -0.25) is 9.78 Å². The van der Waals surface area contributed by atoms with Gasteiger partial charge < -0.3 is 20.7 Å². The molecule has 3 aromatic heterocycles. The second kappa shape index (κ2) is 10.6. The summed E-state index contributed by atoms with van der Waals surface area (Å²) >= 11 is 7.87. The number of anilines is 2. The third kappa shape index (κ3) is 5.12. The first-order valence-electron chi connectivity index (χ1n) is 12.6. The van der Waals surface area contributed by atoms with Crippen molar-refractivity contribution in [1.29, 1.82) is 0 Å². The van der Waals surface area contributed by atoms with Crippen molar-refractivity contribution in [3.05, 3.63) is 59.9 Å². The number of benzene rings is 1. The molecule has 2 aliphatic rings. The molecule has 39 heavy (non-hydrogen) atoms. The van der Waals surface area contributed by atoms with Crippen LogP contribution in [-0.4, -0.2) is 67.7 Å². The molecule has 1 amide bonds. The monoisotopic (exact) mass is 563 g/mol. The van der Waals surface area contributed by atoms with E-state index in [-0.39, 0.29) is 23.3 Å². The number of rotatable bonds is 5. The summed E-state index contributed by atoms with van der Waals surface area (Å²) in [4.78, 5) is 41.7. The van der Waals surface area contributed by atoms with Crippen molar-refractivity contribution in [2.75, 3.05) is 29.9 Å². The lowest BCUT2D eigenvalue weighted by Crippen LogP contribution is -2.50. The Balaban J connectivity index is 1.15. The van der Waals surface area contributed by atoms with E-state index in [2.05, 4.69) is 42.1 Å². The Morgan fingerprint density at radius 1 is 1.15 bits per heavy atom. The van der Waals surface area contributed by atoms with E-state index in [9.17, 15) is 4.79 Å². The molecular formula is C26H26ClN9O2S. The van der Waals surface area contributed by atoms with Crippen LogP contribution in [-0.2, 0) is 4.74 Å². The topological polar surface area (TPSA) is 145 Å². The number of ether oxygens (including phenoxy) is 1. The average Bonchev–Trinajstić information content (AvgIpc) is 3.24. The maximum absolute atomic E-state index is 12.5. The molecule has 5 heterocycles. The largest absolute Gasteiger partial charge is 0.376 e. The highest BCUT2D eigenvalue weighted by Crippen LogP contribution is 2.42. The molecule has 0 bridgehead atoms. The number of amides is 1. The zero-order valence-electron chi connectivity index (χ0n) is 21.1. The van der Waals surface area contributed by atoms with E-state index in [1.54, 1.807) is 24.5 Å². The van der Waals surface area contributed by atoms with Crippen molar-refractivity contribution >= 4 is 51.9 Å². The highest BCUT2D eigenvalue weighted by atomic mass is 35.5. The van der Waals surface area contributed by atoms with Gasteiger partial charge in [0.25, 0.3) is 5.91 Å². The van der Waals surface area contributed by atoms with Crippen LogP contribution >= 0.6 is 23.4 Å². The summed E-state index contributed by atoms with van der Waals surface area (Å²) in [5, 5.41) is 3.61. The molecule has 13 heteroatoms. The summed E-state index contributed by atoms with van der Waals surface area (Å²) in [5.41, 5.74) is 8.25. The molecule has 1 aromatic carbocycles. The standard InChI is InChI=1S/C26H26ClN9O2S/c1-15-22(28)26(14-38-15)5-9-36(10-6-26)20-13-31-23-17(33-20)12-32-25(35-23)39-19-4-2-3-16(21(19)27)34-24(37)18-11-29-7-8-30-18/h2-4,7-8,11-13,15,22H,5-6,9-10,14,28H2,1H3,(H,34,37)/t15-,22+/m0/s1. The number of halogens is 1. The van der Waals surface area contributed by atoms with E-state index in [4.69, 9.17) is 27.1 Å². The molecular weight excluding hydrogens is 538 g/mol. The summed E-state index contributed by atoms with van der Waals surface area (Å²) in [7, 11) is 0. The first-order chi connectivity index (χ1) is 18.9.